The fourth-order valence-corrected chi connectivity index (χ4v) is 3.26. The molecule has 0 atom stereocenters. The Bertz CT molecular complexity index is 705. The van der Waals surface area contributed by atoms with Crippen molar-refractivity contribution in [3.63, 3.8) is 0 Å². The maximum atomic E-state index is 12.4. The molecule has 1 aromatic carbocycles. The van der Waals surface area contributed by atoms with E-state index < -0.39 is 0 Å². The maximum absolute atomic E-state index is 12.4. The Kier molecular flexibility index (Phi) is 5.09. The number of benzene rings is 1. The summed E-state index contributed by atoms with van der Waals surface area (Å²) in [4.78, 5) is 14.2. The van der Waals surface area contributed by atoms with Gasteiger partial charge < -0.3 is 4.90 Å². The van der Waals surface area contributed by atoms with Gasteiger partial charge in [-0.15, -0.1) is 0 Å². The molecule has 1 aliphatic rings. The molecular formula is C18H23ClN4O. The molecule has 2 amide bonds. The van der Waals surface area contributed by atoms with Crippen LogP contribution < -0.4 is 5.32 Å². The zero-order valence-corrected chi connectivity index (χ0v) is 14.8. The van der Waals surface area contributed by atoms with Crippen molar-refractivity contribution in [3.05, 3.63) is 47.1 Å². The average Bonchev–Trinajstić information content (AvgIpc) is 3.04. The topological polar surface area (TPSA) is 50.2 Å². The summed E-state index contributed by atoms with van der Waals surface area (Å²) in [6.45, 7) is 5.60. The zero-order chi connectivity index (χ0) is 17.1. The Morgan fingerprint density at radius 3 is 2.67 bits per heavy atom. The van der Waals surface area contributed by atoms with E-state index >= 15 is 0 Å². The number of carbonyl (C=O) groups is 1. The number of hydrogen-bond donors (Lipinski definition) is 1. The van der Waals surface area contributed by atoms with Crippen LogP contribution in [0.1, 0.15) is 44.2 Å². The quantitative estimate of drug-likeness (QED) is 0.887. The van der Waals surface area contributed by atoms with Gasteiger partial charge in [-0.3, -0.25) is 10.00 Å². The van der Waals surface area contributed by atoms with Gasteiger partial charge in [-0.25, -0.2) is 4.79 Å². The first-order chi connectivity index (χ1) is 11.5. The largest absolute Gasteiger partial charge is 0.324 e. The number of halogens is 1. The molecule has 5 nitrogen and oxygen atoms in total. The van der Waals surface area contributed by atoms with Crippen molar-refractivity contribution in [1.29, 1.82) is 0 Å². The summed E-state index contributed by atoms with van der Waals surface area (Å²) in [6, 6.07) is 10.1. The van der Waals surface area contributed by atoms with Crippen LogP contribution in [0.5, 0.6) is 0 Å². The van der Waals surface area contributed by atoms with E-state index in [1.165, 1.54) is 5.56 Å². The summed E-state index contributed by atoms with van der Waals surface area (Å²) in [5, 5.41) is 8.02. The number of rotatable bonds is 3. The number of amides is 2. The minimum Gasteiger partial charge on any atom is -0.324 e. The van der Waals surface area contributed by atoms with E-state index in [2.05, 4.69) is 30.3 Å². The molecule has 0 aliphatic carbocycles. The summed E-state index contributed by atoms with van der Waals surface area (Å²) in [7, 11) is 0. The lowest BCUT2D eigenvalue weighted by Gasteiger charge is -2.32. The van der Waals surface area contributed by atoms with Gasteiger partial charge in [0.15, 0.2) is 5.82 Å². The lowest BCUT2D eigenvalue weighted by atomic mass is 9.89. The molecular weight excluding hydrogens is 324 g/mol. The van der Waals surface area contributed by atoms with E-state index in [9.17, 15) is 4.79 Å². The highest BCUT2D eigenvalue weighted by Gasteiger charge is 2.24. The van der Waals surface area contributed by atoms with Gasteiger partial charge in [0, 0.05) is 36.4 Å². The van der Waals surface area contributed by atoms with Crippen LogP contribution in [0.25, 0.3) is 0 Å². The minimum absolute atomic E-state index is 0.0754. The fourth-order valence-electron chi connectivity index (χ4n) is 3.06. The molecule has 1 fully saturated rings. The third-order valence-corrected chi connectivity index (χ3v) is 4.71. The molecule has 0 spiro atoms. The van der Waals surface area contributed by atoms with Crippen molar-refractivity contribution in [2.75, 3.05) is 18.4 Å². The van der Waals surface area contributed by atoms with Crippen LogP contribution >= 0.6 is 11.6 Å². The first-order valence-electron chi connectivity index (χ1n) is 8.39. The van der Waals surface area contributed by atoms with E-state index in [0.717, 1.165) is 31.0 Å². The van der Waals surface area contributed by atoms with Gasteiger partial charge in [0.05, 0.1) is 0 Å². The summed E-state index contributed by atoms with van der Waals surface area (Å²) in [6.07, 6.45) is 3.79. The number of carbonyl (C=O) groups excluding carboxylic acids is 1. The summed E-state index contributed by atoms with van der Waals surface area (Å²) < 4.78 is 1.83. The van der Waals surface area contributed by atoms with Crippen LogP contribution in [0.2, 0.25) is 5.02 Å². The molecule has 1 N–H and O–H groups in total. The number of nitrogens with one attached hydrogen (secondary N) is 1. The van der Waals surface area contributed by atoms with Gasteiger partial charge in [0.2, 0.25) is 0 Å². The molecule has 2 aromatic rings. The fraction of sp³-hybridized carbons (Fsp3) is 0.444. The number of urea groups is 1. The first-order valence-corrected chi connectivity index (χ1v) is 8.77. The van der Waals surface area contributed by atoms with Crippen molar-refractivity contribution in [3.8, 4) is 0 Å². The predicted octanol–water partition coefficient (Wildman–Crippen LogP) is 4.53. The van der Waals surface area contributed by atoms with E-state index in [-0.39, 0.29) is 12.1 Å². The second kappa shape index (κ2) is 7.26. The molecule has 0 saturated carbocycles. The number of piperidine rings is 1. The van der Waals surface area contributed by atoms with E-state index in [1.807, 2.05) is 40.0 Å². The molecule has 6 heteroatoms. The normalized spacial score (nSPS) is 15.8. The minimum atomic E-state index is -0.0754. The van der Waals surface area contributed by atoms with Gasteiger partial charge in [0.25, 0.3) is 0 Å². The summed E-state index contributed by atoms with van der Waals surface area (Å²) in [5.74, 6) is 1.07. The lowest BCUT2D eigenvalue weighted by molar-refractivity contribution is 0.194. The SMILES string of the molecule is CC(C)n1ccc(NC(=O)N2CCC(c3cccc(Cl)c3)CC2)n1. The molecule has 0 bridgehead atoms. The van der Waals surface area contributed by atoms with Crippen molar-refractivity contribution < 1.29 is 4.79 Å². The molecule has 24 heavy (non-hydrogen) atoms. The highest BCUT2D eigenvalue weighted by Crippen LogP contribution is 2.29. The van der Waals surface area contributed by atoms with Gasteiger partial charge >= 0.3 is 6.03 Å². The Morgan fingerprint density at radius 2 is 2.04 bits per heavy atom. The standard InChI is InChI=1S/C18H23ClN4O/c1-13(2)23-11-8-17(21-23)20-18(24)22-9-6-14(7-10-22)15-4-3-5-16(19)12-15/h3-5,8,11-14H,6-7,9-10H2,1-2H3,(H,20,21,24). The second-order valence-corrected chi connectivity index (χ2v) is 6.96. The van der Waals surface area contributed by atoms with Crippen LogP contribution in [-0.2, 0) is 0 Å². The van der Waals surface area contributed by atoms with Crippen molar-refractivity contribution in [2.24, 2.45) is 0 Å². The molecule has 1 aromatic heterocycles. The number of hydrogen-bond acceptors (Lipinski definition) is 2. The average molecular weight is 347 g/mol. The van der Waals surface area contributed by atoms with Gasteiger partial charge in [-0.1, -0.05) is 23.7 Å². The molecule has 0 unspecified atom stereocenters. The van der Waals surface area contributed by atoms with Crippen molar-refractivity contribution in [1.82, 2.24) is 14.7 Å². The van der Waals surface area contributed by atoms with E-state index in [4.69, 9.17) is 11.6 Å². The molecule has 1 aliphatic heterocycles. The maximum Gasteiger partial charge on any atom is 0.323 e. The van der Waals surface area contributed by atoms with Crippen LogP contribution in [-0.4, -0.2) is 33.8 Å². The predicted molar refractivity (Wildman–Crippen MR) is 96.6 cm³/mol. The Hall–Kier alpha value is -2.01. The van der Waals surface area contributed by atoms with Crippen molar-refractivity contribution in [2.45, 2.75) is 38.6 Å². The van der Waals surface area contributed by atoms with Crippen LogP contribution in [0.3, 0.4) is 0 Å². The first kappa shape index (κ1) is 16.8. The molecule has 128 valence electrons. The van der Waals surface area contributed by atoms with Crippen LogP contribution in [0.15, 0.2) is 36.5 Å². The van der Waals surface area contributed by atoms with E-state index in [0.29, 0.717) is 11.7 Å². The van der Waals surface area contributed by atoms with Gasteiger partial charge in [-0.2, -0.15) is 5.10 Å². The van der Waals surface area contributed by atoms with Crippen LogP contribution in [0.4, 0.5) is 10.6 Å². The summed E-state index contributed by atoms with van der Waals surface area (Å²) in [5.41, 5.74) is 1.26. The number of anilines is 1. The molecule has 0 radical (unpaired) electrons. The van der Waals surface area contributed by atoms with Gasteiger partial charge in [-0.05, 0) is 50.3 Å². The van der Waals surface area contributed by atoms with Gasteiger partial charge in [0.1, 0.15) is 0 Å². The Labute approximate surface area is 147 Å². The highest BCUT2D eigenvalue weighted by atomic mass is 35.5. The highest BCUT2D eigenvalue weighted by molar-refractivity contribution is 6.30. The Balaban J connectivity index is 1.55. The number of likely N-dealkylation sites (tertiary alicyclic amines) is 1. The van der Waals surface area contributed by atoms with Crippen LogP contribution in [0, 0.1) is 0 Å². The smallest absolute Gasteiger partial charge is 0.323 e. The number of nitrogens with zero attached hydrogens (tertiary/aromatic N) is 3. The second-order valence-electron chi connectivity index (χ2n) is 6.52. The molecule has 1 saturated heterocycles. The third kappa shape index (κ3) is 3.90. The molecule has 3 rings (SSSR count). The van der Waals surface area contributed by atoms with E-state index in [1.54, 1.807) is 0 Å². The lowest BCUT2D eigenvalue weighted by Crippen LogP contribution is -2.40. The third-order valence-electron chi connectivity index (χ3n) is 4.47. The monoisotopic (exact) mass is 346 g/mol. The molecule has 2 heterocycles. The Morgan fingerprint density at radius 1 is 1.29 bits per heavy atom. The number of aromatic nitrogens is 2. The van der Waals surface area contributed by atoms with Crippen molar-refractivity contribution >= 4 is 23.4 Å². The zero-order valence-electron chi connectivity index (χ0n) is 14.1. The summed E-state index contributed by atoms with van der Waals surface area (Å²) >= 11 is 6.07.